The first-order valence-corrected chi connectivity index (χ1v) is 7.19. The molecule has 1 atom stereocenters. The van der Waals surface area contributed by atoms with Crippen LogP contribution < -0.4 is 5.73 Å². The van der Waals surface area contributed by atoms with Gasteiger partial charge in [-0.05, 0) is 18.4 Å². The van der Waals surface area contributed by atoms with Crippen molar-refractivity contribution >= 4 is 0 Å². The summed E-state index contributed by atoms with van der Waals surface area (Å²) < 4.78 is 5.43. The molecule has 0 spiro atoms. The zero-order valence-electron chi connectivity index (χ0n) is 12.1. The van der Waals surface area contributed by atoms with Crippen molar-refractivity contribution in [3.63, 3.8) is 0 Å². The van der Waals surface area contributed by atoms with Gasteiger partial charge in [0.1, 0.15) is 0 Å². The zero-order chi connectivity index (χ0) is 13.7. The maximum Gasteiger partial charge on any atom is 0.0595 e. The lowest BCUT2D eigenvalue weighted by Gasteiger charge is -2.38. The van der Waals surface area contributed by atoms with Crippen molar-refractivity contribution in [1.82, 2.24) is 4.90 Å². The van der Waals surface area contributed by atoms with Crippen LogP contribution in [0, 0.1) is 0 Å². The first-order chi connectivity index (χ1) is 9.18. The number of nitrogens with two attached hydrogens (primary N) is 1. The van der Waals surface area contributed by atoms with Crippen LogP contribution in [0.15, 0.2) is 30.3 Å². The highest BCUT2D eigenvalue weighted by atomic mass is 16.5. The quantitative estimate of drug-likeness (QED) is 0.882. The maximum atomic E-state index is 6.06. The number of methoxy groups -OCH3 is 1. The standard InChI is InChI=1S/C16H26N2O/c1-16(12-17,14-6-4-3-5-7-14)13-18-10-8-15(19-2)9-11-18/h3-7,15H,8-13,17H2,1-2H3. The molecular weight excluding hydrogens is 236 g/mol. The molecule has 2 N–H and O–H groups in total. The highest BCUT2D eigenvalue weighted by Gasteiger charge is 2.29. The Balaban J connectivity index is 2.00. The summed E-state index contributed by atoms with van der Waals surface area (Å²) >= 11 is 0. The summed E-state index contributed by atoms with van der Waals surface area (Å²) in [4.78, 5) is 2.52. The van der Waals surface area contributed by atoms with Crippen LogP contribution in [-0.2, 0) is 10.2 Å². The van der Waals surface area contributed by atoms with Crippen molar-refractivity contribution in [2.45, 2.75) is 31.3 Å². The van der Waals surface area contributed by atoms with Gasteiger partial charge in [-0.1, -0.05) is 37.3 Å². The molecule has 106 valence electrons. The van der Waals surface area contributed by atoms with Gasteiger partial charge in [0.15, 0.2) is 0 Å². The van der Waals surface area contributed by atoms with Crippen LogP contribution in [0.3, 0.4) is 0 Å². The Morgan fingerprint density at radius 2 is 1.89 bits per heavy atom. The molecule has 0 saturated carbocycles. The van der Waals surface area contributed by atoms with Crippen molar-refractivity contribution in [2.24, 2.45) is 5.73 Å². The number of nitrogens with zero attached hydrogens (tertiary/aromatic N) is 1. The number of hydrogen-bond donors (Lipinski definition) is 1. The Kier molecular flexibility index (Phi) is 4.97. The van der Waals surface area contributed by atoms with Gasteiger partial charge in [0, 0.05) is 38.7 Å². The number of likely N-dealkylation sites (tertiary alicyclic amines) is 1. The third-order valence-corrected chi connectivity index (χ3v) is 4.36. The SMILES string of the molecule is COC1CCN(CC(C)(CN)c2ccccc2)CC1. The van der Waals surface area contributed by atoms with Gasteiger partial charge in [-0.2, -0.15) is 0 Å². The fourth-order valence-electron chi connectivity index (χ4n) is 2.91. The first kappa shape index (κ1) is 14.5. The van der Waals surface area contributed by atoms with Crippen molar-refractivity contribution in [2.75, 3.05) is 33.3 Å². The fourth-order valence-corrected chi connectivity index (χ4v) is 2.91. The average Bonchev–Trinajstić information content (AvgIpc) is 2.49. The molecule has 3 nitrogen and oxygen atoms in total. The molecule has 0 bridgehead atoms. The molecule has 0 amide bonds. The molecule has 0 radical (unpaired) electrons. The predicted octanol–water partition coefficient (Wildman–Crippen LogP) is 2.01. The van der Waals surface area contributed by atoms with Gasteiger partial charge in [-0.15, -0.1) is 0 Å². The molecule has 1 aromatic carbocycles. The molecule has 1 fully saturated rings. The van der Waals surface area contributed by atoms with Crippen LogP contribution >= 0.6 is 0 Å². The van der Waals surface area contributed by atoms with Crippen LogP contribution in [0.25, 0.3) is 0 Å². The van der Waals surface area contributed by atoms with E-state index in [2.05, 4.69) is 42.2 Å². The second-order valence-electron chi connectivity index (χ2n) is 5.84. The van der Waals surface area contributed by atoms with Crippen LogP contribution in [0.4, 0.5) is 0 Å². The van der Waals surface area contributed by atoms with Crippen molar-refractivity contribution in [1.29, 1.82) is 0 Å². The summed E-state index contributed by atoms with van der Waals surface area (Å²) in [7, 11) is 1.81. The molecule has 0 aromatic heterocycles. The molecule has 2 rings (SSSR count). The summed E-state index contributed by atoms with van der Waals surface area (Å²) in [6.07, 6.45) is 2.70. The molecule has 1 unspecified atom stereocenters. The Hall–Kier alpha value is -0.900. The molecule has 1 aliphatic heterocycles. The fraction of sp³-hybridized carbons (Fsp3) is 0.625. The minimum atomic E-state index is 0.0428. The van der Waals surface area contributed by atoms with E-state index in [0.29, 0.717) is 12.6 Å². The molecule has 1 saturated heterocycles. The number of rotatable bonds is 5. The summed E-state index contributed by atoms with van der Waals surface area (Å²) in [5, 5.41) is 0. The number of piperidine rings is 1. The van der Waals surface area contributed by atoms with Crippen molar-refractivity contribution in [3.05, 3.63) is 35.9 Å². The minimum absolute atomic E-state index is 0.0428. The van der Waals surface area contributed by atoms with E-state index < -0.39 is 0 Å². The van der Waals surface area contributed by atoms with Crippen LogP contribution in [-0.4, -0.2) is 44.3 Å². The Bertz CT molecular complexity index is 374. The summed E-state index contributed by atoms with van der Waals surface area (Å²) in [5.74, 6) is 0. The second kappa shape index (κ2) is 6.51. The van der Waals surface area contributed by atoms with Gasteiger partial charge in [-0.25, -0.2) is 0 Å². The molecule has 0 aliphatic carbocycles. The third-order valence-electron chi connectivity index (χ3n) is 4.36. The van der Waals surface area contributed by atoms with Gasteiger partial charge in [0.25, 0.3) is 0 Å². The molecule has 1 aromatic rings. The second-order valence-corrected chi connectivity index (χ2v) is 5.84. The average molecular weight is 262 g/mol. The number of benzene rings is 1. The monoisotopic (exact) mass is 262 g/mol. The smallest absolute Gasteiger partial charge is 0.0595 e. The maximum absolute atomic E-state index is 6.06. The van der Waals surface area contributed by atoms with E-state index in [-0.39, 0.29) is 5.41 Å². The van der Waals surface area contributed by atoms with Gasteiger partial charge in [0.05, 0.1) is 6.10 Å². The van der Waals surface area contributed by atoms with Gasteiger partial charge < -0.3 is 15.4 Å². The molecule has 1 aliphatic rings. The van der Waals surface area contributed by atoms with E-state index >= 15 is 0 Å². The summed E-state index contributed by atoms with van der Waals surface area (Å²) in [6, 6.07) is 10.6. The largest absolute Gasteiger partial charge is 0.381 e. The van der Waals surface area contributed by atoms with Gasteiger partial charge in [0.2, 0.25) is 0 Å². The summed E-state index contributed by atoms with van der Waals surface area (Å²) in [5.41, 5.74) is 7.44. The first-order valence-electron chi connectivity index (χ1n) is 7.19. The minimum Gasteiger partial charge on any atom is -0.381 e. The number of hydrogen-bond acceptors (Lipinski definition) is 3. The zero-order valence-corrected chi connectivity index (χ0v) is 12.1. The normalized spacial score (nSPS) is 21.2. The third kappa shape index (κ3) is 3.56. The summed E-state index contributed by atoms with van der Waals surface area (Å²) in [6.45, 7) is 6.21. The van der Waals surface area contributed by atoms with E-state index in [1.807, 2.05) is 7.11 Å². The van der Waals surface area contributed by atoms with E-state index in [4.69, 9.17) is 10.5 Å². The Labute approximate surface area is 116 Å². The van der Waals surface area contributed by atoms with E-state index in [1.54, 1.807) is 0 Å². The van der Waals surface area contributed by atoms with Crippen LogP contribution in [0.2, 0.25) is 0 Å². The lowest BCUT2D eigenvalue weighted by atomic mass is 9.81. The Morgan fingerprint density at radius 3 is 2.42 bits per heavy atom. The topological polar surface area (TPSA) is 38.5 Å². The lowest BCUT2D eigenvalue weighted by molar-refractivity contribution is 0.0353. The highest BCUT2D eigenvalue weighted by molar-refractivity contribution is 5.25. The van der Waals surface area contributed by atoms with E-state index in [9.17, 15) is 0 Å². The van der Waals surface area contributed by atoms with E-state index in [0.717, 1.165) is 32.5 Å². The van der Waals surface area contributed by atoms with Crippen molar-refractivity contribution in [3.8, 4) is 0 Å². The Morgan fingerprint density at radius 1 is 1.26 bits per heavy atom. The van der Waals surface area contributed by atoms with Crippen molar-refractivity contribution < 1.29 is 4.74 Å². The molecular formula is C16H26N2O. The van der Waals surface area contributed by atoms with Gasteiger partial charge >= 0.3 is 0 Å². The lowest BCUT2D eigenvalue weighted by Crippen LogP contribution is -2.47. The molecule has 3 heteroatoms. The molecule has 19 heavy (non-hydrogen) atoms. The van der Waals surface area contributed by atoms with Gasteiger partial charge in [-0.3, -0.25) is 0 Å². The van der Waals surface area contributed by atoms with E-state index in [1.165, 1.54) is 5.56 Å². The highest BCUT2D eigenvalue weighted by Crippen LogP contribution is 2.25. The van der Waals surface area contributed by atoms with Crippen LogP contribution in [0.5, 0.6) is 0 Å². The number of ether oxygens (including phenoxy) is 1. The predicted molar refractivity (Wildman–Crippen MR) is 79.3 cm³/mol. The molecule has 1 heterocycles. The van der Waals surface area contributed by atoms with Crippen LogP contribution in [0.1, 0.15) is 25.3 Å².